The fourth-order valence-corrected chi connectivity index (χ4v) is 6.73. The minimum atomic E-state index is -2.87. The first-order valence-corrected chi connectivity index (χ1v) is 12.7. The van der Waals surface area contributed by atoms with Crippen LogP contribution < -0.4 is 0 Å². The normalized spacial score (nSPS) is 22.4. The van der Waals surface area contributed by atoms with Crippen LogP contribution in [-0.4, -0.2) is 67.9 Å². The van der Waals surface area contributed by atoms with E-state index < -0.39 is 9.84 Å². The van der Waals surface area contributed by atoms with Gasteiger partial charge in [0.25, 0.3) is 0 Å². The van der Waals surface area contributed by atoms with E-state index in [0.29, 0.717) is 24.5 Å². The molecule has 0 aliphatic carbocycles. The third-order valence-electron chi connectivity index (χ3n) is 5.48. The molecule has 2 aliphatic heterocycles. The maximum Gasteiger partial charge on any atom is 0.246 e. The van der Waals surface area contributed by atoms with Gasteiger partial charge in [0.1, 0.15) is 0 Å². The molecule has 1 aromatic carbocycles. The Morgan fingerprint density at radius 3 is 2.62 bits per heavy atom. The van der Waals surface area contributed by atoms with Gasteiger partial charge in [-0.2, -0.15) is 0 Å². The second-order valence-corrected chi connectivity index (χ2v) is 11.2. The summed E-state index contributed by atoms with van der Waals surface area (Å²) in [7, 11) is -2.87. The van der Waals surface area contributed by atoms with Crippen molar-refractivity contribution in [2.24, 2.45) is 0 Å². The van der Waals surface area contributed by atoms with Crippen molar-refractivity contribution in [1.82, 2.24) is 9.80 Å². The largest absolute Gasteiger partial charge is 0.337 e. The highest BCUT2D eigenvalue weighted by Crippen LogP contribution is 2.30. The Kier molecular flexibility index (Phi) is 6.11. The van der Waals surface area contributed by atoms with Gasteiger partial charge in [-0.3, -0.25) is 9.69 Å². The van der Waals surface area contributed by atoms with Crippen LogP contribution in [-0.2, 0) is 14.6 Å². The lowest BCUT2D eigenvalue weighted by molar-refractivity contribution is -0.127. The number of halogens is 1. The molecule has 1 aromatic heterocycles. The smallest absolute Gasteiger partial charge is 0.246 e. The molecule has 154 valence electrons. The fourth-order valence-electron chi connectivity index (χ4n) is 3.87. The summed E-state index contributed by atoms with van der Waals surface area (Å²) in [5.41, 5.74) is 1.07. The zero-order valence-corrected chi connectivity index (χ0v) is 18.3. The Labute approximate surface area is 180 Å². The second-order valence-electron chi connectivity index (χ2n) is 7.46. The van der Waals surface area contributed by atoms with E-state index in [-0.39, 0.29) is 23.5 Å². The van der Waals surface area contributed by atoms with Crippen LogP contribution >= 0.6 is 22.9 Å². The first-order valence-electron chi connectivity index (χ1n) is 9.67. The van der Waals surface area contributed by atoms with E-state index in [4.69, 9.17) is 11.6 Å². The topological polar surface area (TPSA) is 57.7 Å². The Morgan fingerprint density at radius 2 is 1.93 bits per heavy atom. The average Bonchev–Trinajstić information content (AvgIpc) is 3.32. The van der Waals surface area contributed by atoms with Crippen molar-refractivity contribution < 1.29 is 13.2 Å². The molecule has 2 fully saturated rings. The van der Waals surface area contributed by atoms with Gasteiger partial charge in [0.2, 0.25) is 5.91 Å². The Morgan fingerprint density at radius 1 is 1.14 bits per heavy atom. The van der Waals surface area contributed by atoms with E-state index in [1.165, 1.54) is 0 Å². The highest BCUT2D eigenvalue weighted by Gasteiger charge is 2.34. The van der Waals surface area contributed by atoms with Crippen molar-refractivity contribution >= 4 is 44.8 Å². The third-order valence-corrected chi connectivity index (χ3v) is 8.56. The quantitative estimate of drug-likeness (QED) is 0.670. The van der Waals surface area contributed by atoms with Crippen LogP contribution in [0, 0.1) is 0 Å². The zero-order valence-electron chi connectivity index (χ0n) is 16.0. The van der Waals surface area contributed by atoms with Gasteiger partial charge in [-0.05, 0) is 42.3 Å². The van der Waals surface area contributed by atoms with Crippen LogP contribution in [0.4, 0.5) is 0 Å². The number of hydrogen-bond acceptors (Lipinski definition) is 5. The van der Waals surface area contributed by atoms with Crippen LogP contribution in [0.5, 0.6) is 0 Å². The number of thiophene rings is 1. The predicted octanol–water partition coefficient (Wildman–Crippen LogP) is 3.41. The Balaban J connectivity index is 1.32. The van der Waals surface area contributed by atoms with Crippen molar-refractivity contribution in [3.8, 4) is 10.4 Å². The maximum atomic E-state index is 12.5. The molecule has 0 saturated carbocycles. The summed E-state index contributed by atoms with van der Waals surface area (Å²) in [5, 5.41) is 0.706. The zero-order chi connectivity index (χ0) is 20.4. The first kappa shape index (κ1) is 20.6. The third kappa shape index (κ3) is 5.09. The Hall–Kier alpha value is -1.67. The lowest BCUT2D eigenvalue weighted by Gasteiger charge is -2.37. The van der Waals surface area contributed by atoms with E-state index in [1.807, 2.05) is 47.4 Å². The highest BCUT2D eigenvalue weighted by molar-refractivity contribution is 7.91. The fraction of sp³-hybridized carbons (Fsp3) is 0.381. The molecule has 3 heterocycles. The molecule has 8 heteroatoms. The molecular weight excluding hydrogens is 428 g/mol. The lowest BCUT2D eigenvalue weighted by Crippen LogP contribution is -2.52. The molecule has 2 aromatic rings. The minimum Gasteiger partial charge on any atom is -0.337 e. The number of carbonyl (C=O) groups excluding carboxylic acids is 1. The van der Waals surface area contributed by atoms with Crippen LogP contribution in [0.2, 0.25) is 5.02 Å². The molecule has 0 N–H and O–H groups in total. The molecule has 2 saturated heterocycles. The van der Waals surface area contributed by atoms with Crippen molar-refractivity contribution in [2.45, 2.75) is 12.5 Å². The molecule has 1 unspecified atom stereocenters. The number of nitrogens with zero attached hydrogens (tertiary/aromatic N) is 2. The molecule has 2 aliphatic rings. The molecule has 4 rings (SSSR count). The van der Waals surface area contributed by atoms with Crippen LogP contribution in [0.15, 0.2) is 42.5 Å². The number of sulfone groups is 1. The van der Waals surface area contributed by atoms with Crippen LogP contribution in [0.25, 0.3) is 16.5 Å². The molecule has 0 spiro atoms. The Bertz CT molecular complexity index is 1020. The van der Waals surface area contributed by atoms with Crippen molar-refractivity contribution in [3.05, 3.63) is 52.4 Å². The number of piperazine rings is 1. The van der Waals surface area contributed by atoms with Crippen molar-refractivity contribution in [1.29, 1.82) is 0 Å². The summed E-state index contributed by atoms with van der Waals surface area (Å²) in [6, 6.07) is 11.9. The monoisotopic (exact) mass is 450 g/mol. The molecule has 1 amide bonds. The molecular formula is C21H23ClN2O3S2. The van der Waals surface area contributed by atoms with Crippen molar-refractivity contribution in [2.75, 3.05) is 37.7 Å². The molecule has 5 nitrogen and oxygen atoms in total. The highest BCUT2D eigenvalue weighted by atomic mass is 35.5. The van der Waals surface area contributed by atoms with E-state index in [2.05, 4.69) is 4.90 Å². The van der Waals surface area contributed by atoms with Gasteiger partial charge in [0, 0.05) is 53.1 Å². The summed E-state index contributed by atoms with van der Waals surface area (Å²) in [5.74, 6) is 0.549. The summed E-state index contributed by atoms with van der Waals surface area (Å²) in [6.07, 6.45) is 4.20. The lowest BCUT2D eigenvalue weighted by atomic mass is 10.2. The van der Waals surface area contributed by atoms with Gasteiger partial charge in [-0.1, -0.05) is 23.7 Å². The maximum absolute atomic E-state index is 12.5. The standard InChI is InChI=1S/C21H23ClN2O3S2/c22-17-3-1-2-16(14-17)20-6-4-19(28-20)5-7-21(25)24-11-9-23(10-12-24)18-8-13-29(26,27)15-18/h1-7,14,18H,8-13,15H2/b7-5+. The molecule has 29 heavy (non-hydrogen) atoms. The summed E-state index contributed by atoms with van der Waals surface area (Å²) in [6.45, 7) is 2.74. The molecule has 1 atom stereocenters. The SMILES string of the molecule is O=C(/C=C/c1ccc(-c2cccc(Cl)c2)s1)N1CCN(C2CCS(=O)(=O)C2)CC1. The number of carbonyl (C=O) groups is 1. The second kappa shape index (κ2) is 8.60. The summed E-state index contributed by atoms with van der Waals surface area (Å²) in [4.78, 5) is 18.7. The summed E-state index contributed by atoms with van der Waals surface area (Å²) < 4.78 is 23.4. The van der Waals surface area contributed by atoms with Gasteiger partial charge >= 0.3 is 0 Å². The number of rotatable bonds is 4. The van der Waals surface area contributed by atoms with E-state index in [9.17, 15) is 13.2 Å². The van der Waals surface area contributed by atoms with E-state index in [0.717, 1.165) is 28.4 Å². The number of amides is 1. The first-order chi connectivity index (χ1) is 13.9. The van der Waals surface area contributed by atoms with Gasteiger partial charge < -0.3 is 4.90 Å². The number of benzene rings is 1. The van der Waals surface area contributed by atoms with Gasteiger partial charge in [-0.15, -0.1) is 11.3 Å². The molecule has 0 bridgehead atoms. The van der Waals surface area contributed by atoms with E-state index >= 15 is 0 Å². The molecule has 0 radical (unpaired) electrons. The van der Waals surface area contributed by atoms with Gasteiger partial charge in [0.05, 0.1) is 11.5 Å². The van der Waals surface area contributed by atoms with Crippen LogP contribution in [0.1, 0.15) is 11.3 Å². The number of hydrogen-bond donors (Lipinski definition) is 0. The minimum absolute atomic E-state index is 0.00130. The predicted molar refractivity (Wildman–Crippen MR) is 119 cm³/mol. The van der Waals surface area contributed by atoms with Gasteiger partial charge in [-0.25, -0.2) is 8.42 Å². The van der Waals surface area contributed by atoms with E-state index in [1.54, 1.807) is 17.4 Å². The van der Waals surface area contributed by atoms with Gasteiger partial charge in [0.15, 0.2) is 9.84 Å². The average molecular weight is 451 g/mol. The van der Waals surface area contributed by atoms with Crippen LogP contribution in [0.3, 0.4) is 0 Å². The van der Waals surface area contributed by atoms with Crippen molar-refractivity contribution in [3.63, 3.8) is 0 Å². The summed E-state index contributed by atoms with van der Waals surface area (Å²) >= 11 is 7.68.